The lowest BCUT2D eigenvalue weighted by Gasteiger charge is -2.28. The first-order valence-corrected chi connectivity index (χ1v) is 22.9. The average molecular weight is 844 g/mol. The molecule has 0 spiro atoms. The van der Waals surface area contributed by atoms with E-state index in [1.54, 1.807) is 0 Å². The molecule has 0 saturated carbocycles. The van der Waals surface area contributed by atoms with Gasteiger partial charge in [0, 0.05) is 44.5 Å². The van der Waals surface area contributed by atoms with Gasteiger partial charge in [-0.2, -0.15) is 0 Å². The molecule has 0 saturated heterocycles. The van der Waals surface area contributed by atoms with Gasteiger partial charge in [-0.1, -0.05) is 178 Å². The van der Waals surface area contributed by atoms with Gasteiger partial charge in [0.05, 0.1) is 16.6 Å². The van der Waals surface area contributed by atoms with Crippen molar-refractivity contribution in [2.45, 2.75) is 19.3 Å². The van der Waals surface area contributed by atoms with Crippen LogP contribution in [-0.4, -0.2) is 9.55 Å². The molecular weight excluding hydrogens is 799 g/mol. The highest BCUT2D eigenvalue weighted by Crippen LogP contribution is 2.51. The van der Waals surface area contributed by atoms with Gasteiger partial charge in [-0.05, 0) is 133 Å². The number of nitrogens with zero attached hydrogens (tertiary/aromatic N) is 2. The molecule has 0 radical (unpaired) electrons. The maximum Gasteiger partial charge on any atom is 0.0804 e. The summed E-state index contributed by atoms with van der Waals surface area (Å²) in [7, 11) is 0. The van der Waals surface area contributed by atoms with E-state index >= 15 is 0 Å². The summed E-state index contributed by atoms with van der Waals surface area (Å²) in [5.74, 6) is 0. The fourth-order valence-corrected chi connectivity index (χ4v) is 10.8. The summed E-state index contributed by atoms with van der Waals surface area (Å²) in [5, 5.41) is 4.97. The van der Waals surface area contributed by atoms with Crippen LogP contribution in [0.4, 0.5) is 17.1 Å². The predicted molar refractivity (Wildman–Crippen MR) is 279 cm³/mol. The van der Waals surface area contributed by atoms with Crippen LogP contribution in [0.1, 0.15) is 25.0 Å². The molecule has 1 N–H and O–H groups in total. The molecule has 66 heavy (non-hydrogen) atoms. The Morgan fingerprint density at radius 2 is 0.955 bits per heavy atom. The van der Waals surface area contributed by atoms with E-state index in [1.807, 2.05) is 0 Å². The molecule has 12 aromatic rings. The van der Waals surface area contributed by atoms with Crippen molar-refractivity contribution in [1.29, 1.82) is 0 Å². The van der Waals surface area contributed by atoms with Crippen LogP contribution in [0.2, 0.25) is 0 Å². The number of H-pyrrole nitrogens is 1. The van der Waals surface area contributed by atoms with Crippen molar-refractivity contribution in [2.75, 3.05) is 4.90 Å². The third kappa shape index (κ3) is 5.97. The summed E-state index contributed by atoms with van der Waals surface area (Å²) >= 11 is 0. The van der Waals surface area contributed by atoms with Gasteiger partial charge in [0.15, 0.2) is 0 Å². The molecule has 13 rings (SSSR count). The van der Waals surface area contributed by atoms with E-state index in [-0.39, 0.29) is 5.41 Å². The Morgan fingerprint density at radius 1 is 0.409 bits per heavy atom. The van der Waals surface area contributed by atoms with Crippen LogP contribution >= 0.6 is 0 Å². The fourth-order valence-electron chi connectivity index (χ4n) is 10.8. The number of hydrogen-bond donors (Lipinski definition) is 1. The van der Waals surface area contributed by atoms with Crippen molar-refractivity contribution in [3.8, 4) is 50.2 Å². The van der Waals surface area contributed by atoms with Crippen LogP contribution in [-0.2, 0) is 5.41 Å². The Kier molecular flexibility index (Phi) is 8.56. The molecule has 0 aliphatic heterocycles. The minimum absolute atomic E-state index is 0.0993. The maximum atomic E-state index is 3.85. The van der Waals surface area contributed by atoms with E-state index in [9.17, 15) is 0 Å². The lowest BCUT2D eigenvalue weighted by molar-refractivity contribution is 0.660. The number of fused-ring (bicyclic) bond motifs is 10. The first-order chi connectivity index (χ1) is 32.5. The molecule has 2 aromatic heterocycles. The van der Waals surface area contributed by atoms with Gasteiger partial charge in [-0.3, -0.25) is 0 Å². The number of nitrogens with one attached hydrogen (secondary N) is 1. The first-order valence-electron chi connectivity index (χ1n) is 22.9. The summed E-state index contributed by atoms with van der Waals surface area (Å²) < 4.78 is 2.43. The number of para-hydroxylation sites is 1. The van der Waals surface area contributed by atoms with E-state index in [1.165, 1.54) is 88.2 Å². The van der Waals surface area contributed by atoms with E-state index in [0.29, 0.717) is 0 Å². The molecule has 0 atom stereocenters. The molecule has 0 amide bonds. The zero-order valence-corrected chi connectivity index (χ0v) is 36.8. The van der Waals surface area contributed by atoms with Gasteiger partial charge in [0.2, 0.25) is 0 Å². The molecule has 3 nitrogen and oxygen atoms in total. The summed E-state index contributed by atoms with van der Waals surface area (Å²) in [6.07, 6.45) is 0. The molecule has 0 fully saturated rings. The molecule has 3 heteroatoms. The Morgan fingerprint density at radius 3 is 1.67 bits per heavy atom. The number of rotatable bonds is 7. The van der Waals surface area contributed by atoms with Crippen LogP contribution in [0.15, 0.2) is 231 Å². The molecule has 10 aromatic carbocycles. The largest absolute Gasteiger partial charge is 0.353 e. The second kappa shape index (κ2) is 14.8. The molecule has 1 aliphatic rings. The molecule has 1 aliphatic carbocycles. The third-order valence-corrected chi connectivity index (χ3v) is 14.1. The van der Waals surface area contributed by atoms with E-state index in [4.69, 9.17) is 0 Å². The second-order valence-electron chi connectivity index (χ2n) is 18.2. The van der Waals surface area contributed by atoms with Crippen LogP contribution in [0.3, 0.4) is 0 Å². The smallest absolute Gasteiger partial charge is 0.0804 e. The Balaban J connectivity index is 0.859. The number of anilines is 3. The Labute approximate surface area is 384 Å². The lowest BCUT2D eigenvalue weighted by Crippen LogP contribution is -2.16. The van der Waals surface area contributed by atoms with Crippen LogP contribution in [0, 0.1) is 0 Å². The van der Waals surface area contributed by atoms with Crippen molar-refractivity contribution in [1.82, 2.24) is 9.55 Å². The topological polar surface area (TPSA) is 24.0 Å². The number of benzene rings is 10. The van der Waals surface area contributed by atoms with Gasteiger partial charge in [-0.25, -0.2) is 0 Å². The van der Waals surface area contributed by atoms with Gasteiger partial charge in [-0.15, -0.1) is 0 Å². The normalized spacial score (nSPS) is 12.8. The van der Waals surface area contributed by atoms with Crippen LogP contribution in [0.25, 0.3) is 93.8 Å². The van der Waals surface area contributed by atoms with Gasteiger partial charge >= 0.3 is 0 Å². The summed E-state index contributed by atoms with van der Waals surface area (Å²) in [4.78, 5) is 6.25. The standard InChI is InChI=1S/C63H45N3/c1-63(2)56-20-12-11-19-53(56)54-36-35-51(40-57(54)63)65(49-31-25-43(26-32-49)41-13-5-3-6-14-41)50-33-27-44(28-34-50)42-21-23-45(24-22-42)47-30-38-59-55(39-47)61-62(66(59)48-16-7-4-8-17-48)60-52-18-10-9-15-46(52)29-37-58(60)64-61/h3-40,64H,1-2H3. The summed E-state index contributed by atoms with van der Waals surface area (Å²) in [5.41, 5.74) is 21.7. The van der Waals surface area contributed by atoms with Gasteiger partial charge in [0.25, 0.3) is 0 Å². The predicted octanol–water partition coefficient (Wildman–Crippen LogP) is 17.2. The van der Waals surface area contributed by atoms with Crippen molar-refractivity contribution in [2.24, 2.45) is 0 Å². The number of aromatic nitrogens is 2. The highest BCUT2D eigenvalue weighted by atomic mass is 15.1. The molecular formula is C63H45N3. The van der Waals surface area contributed by atoms with Gasteiger partial charge < -0.3 is 14.5 Å². The molecule has 2 heterocycles. The van der Waals surface area contributed by atoms with Crippen molar-refractivity contribution < 1.29 is 0 Å². The fraction of sp³-hybridized carbons (Fsp3) is 0.0476. The average Bonchev–Trinajstić information content (AvgIpc) is 3.99. The van der Waals surface area contributed by atoms with Crippen LogP contribution < -0.4 is 4.90 Å². The zero-order chi connectivity index (χ0) is 43.9. The van der Waals surface area contributed by atoms with Crippen molar-refractivity contribution in [3.05, 3.63) is 242 Å². The highest BCUT2D eigenvalue weighted by molar-refractivity contribution is 6.25. The minimum atomic E-state index is -0.0993. The van der Waals surface area contributed by atoms with E-state index < -0.39 is 0 Å². The number of hydrogen-bond acceptors (Lipinski definition) is 1. The highest BCUT2D eigenvalue weighted by Gasteiger charge is 2.35. The third-order valence-electron chi connectivity index (χ3n) is 14.1. The monoisotopic (exact) mass is 843 g/mol. The second-order valence-corrected chi connectivity index (χ2v) is 18.2. The number of aromatic amines is 1. The summed E-state index contributed by atoms with van der Waals surface area (Å²) in [6.45, 7) is 4.70. The summed E-state index contributed by atoms with van der Waals surface area (Å²) in [6, 6.07) is 84.4. The quantitative estimate of drug-likeness (QED) is 0.170. The van der Waals surface area contributed by atoms with Crippen molar-refractivity contribution >= 4 is 60.7 Å². The van der Waals surface area contributed by atoms with Crippen LogP contribution in [0.5, 0.6) is 0 Å². The Bertz CT molecular complexity index is 3800. The van der Waals surface area contributed by atoms with E-state index in [2.05, 4.69) is 259 Å². The van der Waals surface area contributed by atoms with Crippen molar-refractivity contribution in [3.63, 3.8) is 0 Å². The minimum Gasteiger partial charge on any atom is -0.353 e. The Hall–Kier alpha value is -8.40. The SMILES string of the molecule is CC1(C)c2ccccc2-c2ccc(N(c3ccc(-c4ccccc4)cc3)c3ccc(-c4ccc(-c5ccc6c(c5)c5[nH]c7ccc8ccccc8c7c5n6-c5ccccc5)cc4)cc3)cc21. The first kappa shape index (κ1) is 38.1. The zero-order valence-electron chi connectivity index (χ0n) is 36.8. The lowest BCUT2D eigenvalue weighted by atomic mass is 9.82. The molecule has 0 bridgehead atoms. The van der Waals surface area contributed by atoms with E-state index in [0.717, 1.165) is 33.8 Å². The molecule has 0 unspecified atom stereocenters. The maximum absolute atomic E-state index is 3.85. The molecule has 312 valence electrons. The van der Waals surface area contributed by atoms with Gasteiger partial charge in [0.1, 0.15) is 0 Å².